The molecule has 1 amide bonds. The summed E-state index contributed by atoms with van der Waals surface area (Å²) in [6.07, 6.45) is 6.78. The van der Waals surface area contributed by atoms with Gasteiger partial charge in [0.25, 0.3) is 5.91 Å². The van der Waals surface area contributed by atoms with Gasteiger partial charge in [-0.2, -0.15) is 0 Å². The second-order valence-corrected chi connectivity index (χ2v) is 6.74. The van der Waals surface area contributed by atoms with Gasteiger partial charge in [-0.05, 0) is 31.9 Å². The molecule has 0 saturated heterocycles. The van der Waals surface area contributed by atoms with E-state index in [9.17, 15) is 9.59 Å². The van der Waals surface area contributed by atoms with Gasteiger partial charge in [0.1, 0.15) is 12.0 Å². The number of carbonyl (C=O) groups is 2. The van der Waals surface area contributed by atoms with E-state index in [4.69, 9.17) is 5.73 Å². The van der Waals surface area contributed by atoms with Gasteiger partial charge in [-0.1, -0.05) is 24.3 Å². The van der Waals surface area contributed by atoms with Gasteiger partial charge in [-0.15, -0.1) is 0 Å². The number of nitrogens with zero attached hydrogens (tertiary/aromatic N) is 1. The molecule has 0 unspecified atom stereocenters. The zero-order chi connectivity index (χ0) is 19.2. The minimum atomic E-state index is 0.0235. The molecule has 1 aliphatic rings. The van der Waals surface area contributed by atoms with Crippen LogP contribution < -0.4 is 11.1 Å². The van der Waals surface area contributed by atoms with Crippen molar-refractivity contribution in [1.82, 2.24) is 15.2 Å². The summed E-state index contributed by atoms with van der Waals surface area (Å²) >= 11 is 0. The number of fused-ring (bicyclic) bond motifs is 1. The number of nitrogens with one attached hydrogen (secondary N) is 2. The van der Waals surface area contributed by atoms with Crippen LogP contribution in [-0.4, -0.2) is 41.2 Å². The number of rotatable bonds is 7. The van der Waals surface area contributed by atoms with Crippen LogP contribution in [0.1, 0.15) is 36.7 Å². The van der Waals surface area contributed by atoms with Crippen LogP contribution in [0.2, 0.25) is 0 Å². The number of carbonyl (C=O) groups excluding carboxylic acids is 2. The summed E-state index contributed by atoms with van der Waals surface area (Å²) in [5.74, 6) is 0.0235. The number of aromatic amines is 1. The van der Waals surface area contributed by atoms with Crippen molar-refractivity contribution in [3.63, 3.8) is 0 Å². The average Bonchev–Trinajstić information content (AvgIpc) is 3.14. The molecule has 1 aliphatic carbocycles. The number of hydrogen-bond donors (Lipinski definition) is 3. The Kier molecular flexibility index (Phi) is 5.96. The van der Waals surface area contributed by atoms with E-state index in [2.05, 4.69) is 16.4 Å². The van der Waals surface area contributed by atoms with Crippen LogP contribution in [0.3, 0.4) is 0 Å². The molecule has 1 atom stereocenters. The van der Waals surface area contributed by atoms with Crippen molar-refractivity contribution < 1.29 is 9.59 Å². The van der Waals surface area contributed by atoms with Crippen LogP contribution in [0.5, 0.6) is 0 Å². The predicted molar refractivity (Wildman–Crippen MR) is 107 cm³/mol. The average molecular weight is 366 g/mol. The van der Waals surface area contributed by atoms with Crippen LogP contribution >= 0.6 is 0 Å². The van der Waals surface area contributed by atoms with Gasteiger partial charge < -0.3 is 20.9 Å². The predicted octanol–water partition coefficient (Wildman–Crippen LogP) is 2.70. The van der Waals surface area contributed by atoms with Crippen molar-refractivity contribution in [2.75, 3.05) is 13.1 Å². The van der Waals surface area contributed by atoms with E-state index in [0.29, 0.717) is 24.4 Å². The van der Waals surface area contributed by atoms with Crippen LogP contribution in [-0.2, 0) is 4.79 Å². The topological polar surface area (TPSA) is 91.2 Å². The number of amides is 1. The minimum Gasteiger partial charge on any atom is -0.404 e. The fourth-order valence-corrected chi connectivity index (χ4v) is 3.57. The fourth-order valence-electron chi connectivity index (χ4n) is 3.57. The number of aldehydes is 1. The van der Waals surface area contributed by atoms with Crippen molar-refractivity contribution in [1.29, 1.82) is 0 Å². The smallest absolute Gasteiger partial charge is 0.270 e. The molecule has 27 heavy (non-hydrogen) atoms. The van der Waals surface area contributed by atoms with E-state index in [1.165, 1.54) is 6.20 Å². The molecule has 0 fully saturated rings. The van der Waals surface area contributed by atoms with E-state index in [0.717, 1.165) is 42.1 Å². The molecule has 2 aromatic rings. The highest BCUT2D eigenvalue weighted by molar-refractivity contribution is 5.98. The van der Waals surface area contributed by atoms with Crippen LogP contribution in [0, 0.1) is 0 Å². The molecule has 0 spiro atoms. The Labute approximate surface area is 159 Å². The summed E-state index contributed by atoms with van der Waals surface area (Å²) < 4.78 is 0. The number of hydrogen-bond acceptors (Lipinski definition) is 4. The Hall–Kier alpha value is -3.02. The van der Waals surface area contributed by atoms with Gasteiger partial charge in [0, 0.05) is 53.9 Å². The largest absolute Gasteiger partial charge is 0.404 e. The van der Waals surface area contributed by atoms with Gasteiger partial charge in [-0.3, -0.25) is 9.59 Å². The number of benzene rings is 1. The highest BCUT2D eigenvalue weighted by Gasteiger charge is 2.27. The maximum atomic E-state index is 13.1. The Morgan fingerprint density at radius 2 is 2.22 bits per heavy atom. The Morgan fingerprint density at radius 3 is 2.93 bits per heavy atom. The molecule has 6 heteroatoms. The van der Waals surface area contributed by atoms with Crippen LogP contribution in [0.25, 0.3) is 10.9 Å². The molecular weight excluding hydrogens is 340 g/mol. The second kappa shape index (κ2) is 8.58. The summed E-state index contributed by atoms with van der Waals surface area (Å²) in [6.45, 7) is 3.06. The lowest BCUT2D eigenvalue weighted by molar-refractivity contribution is -0.104. The number of aromatic nitrogens is 1. The van der Waals surface area contributed by atoms with Crippen LogP contribution in [0.4, 0.5) is 0 Å². The second-order valence-electron chi connectivity index (χ2n) is 6.74. The summed E-state index contributed by atoms with van der Waals surface area (Å²) in [7, 11) is 0. The Morgan fingerprint density at radius 1 is 1.41 bits per heavy atom. The van der Waals surface area contributed by atoms with E-state index in [-0.39, 0.29) is 11.9 Å². The van der Waals surface area contributed by atoms with Crippen molar-refractivity contribution in [2.45, 2.75) is 32.2 Å². The van der Waals surface area contributed by atoms with Crippen LogP contribution in [0.15, 0.2) is 53.9 Å². The molecule has 0 bridgehead atoms. The highest BCUT2D eigenvalue weighted by atomic mass is 16.2. The van der Waals surface area contributed by atoms with Gasteiger partial charge in [0.15, 0.2) is 0 Å². The van der Waals surface area contributed by atoms with Crippen molar-refractivity contribution >= 4 is 23.1 Å². The summed E-state index contributed by atoms with van der Waals surface area (Å²) in [4.78, 5) is 29.1. The van der Waals surface area contributed by atoms with E-state index in [1.807, 2.05) is 42.2 Å². The molecule has 1 aromatic heterocycles. The fraction of sp³-hybridized carbons (Fsp3) is 0.333. The summed E-state index contributed by atoms with van der Waals surface area (Å²) in [5, 5.41) is 4.31. The van der Waals surface area contributed by atoms with E-state index >= 15 is 0 Å². The lowest BCUT2D eigenvalue weighted by Crippen LogP contribution is -2.42. The van der Waals surface area contributed by atoms with Gasteiger partial charge in [-0.25, -0.2) is 0 Å². The first-order chi connectivity index (χ1) is 13.2. The minimum absolute atomic E-state index is 0.0235. The summed E-state index contributed by atoms with van der Waals surface area (Å²) in [5.41, 5.74) is 8.58. The maximum absolute atomic E-state index is 13.1. The third-order valence-corrected chi connectivity index (χ3v) is 5.03. The first kappa shape index (κ1) is 18.8. The van der Waals surface area contributed by atoms with E-state index < -0.39 is 0 Å². The Balaban J connectivity index is 1.70. The molecule has 6 nitrogen and oxygen atoms in total. The van der Waals surface area contributed by atoms with Crippen molar-refractivity contribution in [3.05, 3.63) is 59.6 Å². The highest BCUT2D eigenvalue weighted by Crippen LogP contribution is 2.24. The number of allylic oxidation sites excluding steroid dienone is 1. The summed E-state index contributed by atoms with van der Waals surface area (Å²) in [6, 6.07) is 9.94. The molecule has 1 aromatic carbocycles. The lowest BCUT2D eigenvalue weighted by Gasteiger charge is -2.33. The molecule has 1 heterocycles. The molecule has 142 valence electrons. The normalized spacial score (nSPS) is 17.4. The molecule has 0 radical (unpaired) electrons. The third kappa shape index (κ3) is 4.22. The van der Waals surface area contributed by atoms with E-state index in [1.54, 1.807) is 0 Å². The quantitative estimate of drug-likeness (QED) is 0.519. The third-order valence-electron chi connectivity index (χ3n) is 5.03. The molecule has 4 N–H and O–H groups in total. The molecule has 3 rings (SSSR count). The first-order valence-electron chi connectivity index (χ1n) is 9.33. The SMILES string of the molecule is CCN(C(=O)c1cc2ccccc2[nH]1)[C@H]1CCC=C(NCC(C=O)=CN)C1. The number of H-pyrrole nitrogens is 1. The zero-order valence-corrected chi connectivity index (χ0v) is 15.6. The van der Waals surface area contributed by atoms with Crippen molar-refractivity contribution in [2.24, 2.45) is 5.73 Å². The zero-order valence-electron chi connectivity index (χ0n) is 15.6. The monoisotopic (exact) mass is 366 g/mol. The standard InChI is InChI=1S/C21H26N4O2/c1-2-25(21(27)20-10-16-6-3-4-9-19(16)24-20)18-8-5-7-17(11-18)23-13-15(12-22)14-26/h3-4,6-7,9-10,12,14,18,23-24H,2,5,8,11,13,22H2,1H3/t18-/m0/s1. The molecule has 0 aliphatic heterocycles. The first-order valence-corrected chi connectivity index (χ1v) is 9.33. The number of nitrogens with two attached hydrogens (primary N) is 1. The maximum Gasteiger partial charge on any atom is 0.270 e. The lowest BCUT2D eigenvalue weighted by atomic mass is 9.96. The van der Waals surface area contributed by atoms with Gasteiger partial charge >= 0.3 is 0 Å². The van der Waals surface area contributed by atoms with Gasteiger partial charge in [0.2, 0.25) is 0 Å². The Bertz CT molecular complexity index is 848. The van der Waals surface area contributed by atoms with Gasteiger partial charge in [0.05, 0.1) is 0 Å². The molecule has 0 saturated carbocycles. The molecular formula is C21H26N4O2. The number of para-hydroxylation sites is 1. The van der Waals surface area contributed by atoms with Crippen molar-refractivity contribution in [3.8, 4) is 0 Å².